The second-order valence-electron chi connectivity index (χ2n) is 5.33. The zero-order valence-corrected chi connectivity index (χ0v) is 13.2. The molecule has 5 nitrogen and oxygen atoms in total. The normalized spacial score (nSPS) is 10.7. The van der Waals surface area contributed by atoms with Crippen molar-refractivity contribution in [2.75, 3.05) is 6.61 Å². The second kappa shape index (κ2) is 8.01. The van der Waals surface area contributed by atoms with Crippen molar-refractivity contribution in [3.8, 4) is 5.75 Å². The summed E-state index contributed by atoms with van der Waals surface area (Å²) in [5.41, 5.74) is 2.21. The lowest BCUT2D eigenvalue weighted by Gasteiger charge is -2.10. The highest BCUT2D eigenvalue weighted by molar-refractivity contribution is 6.58. The van der Waals surface area contributed by atoms with Gasteiger partial charge in [0.1, 0.15) is 11.3 Å². The summed E-state index contributed by atoms with van der Waals surface area (Å²) < 4.78 is 7.33. The summed E-state index contributed by atoms with van der Waals surface area (Å²) in [5.74, 6) is 0.497. The van der Waals surface area contributed by atoms with Gasteiger partial charge in [-0.3, -0.25) is 4.68 Å². The Balaban J connectivity index is 2.14. The van der Waals surface area contributed by atoms with Gasteiger partial charge < -0.3 is 14.8 Å². The molecule has 2 aromatic rings. The predicted molar refractivity (Wildman–Crippen MR) is 87.3 cm³/mol. The van der Waals surface area contributed by atoms with Gasteiger partial charge in [-0.15, -0.1) is 0 Å². The maximum absolute atomic E-state index is 9.67. The van der Waals surface area contributed by atoms with Gasteiger partial charge in [0, 0.05) is 6.54 Å². The second-order valence-corrected chi connectivity index (χ2v) is 5.33. The van der Waals surface area contributed by atoms with Crippen LogP contribution in [0.4, 0.5) is 0 Å². The van der Waals surface area contributed by atoms with Gasteiger partial charge in [0.05, 0.1) is 6.61 Å². The van der Waals surface area contributed by atoms with Gasteiger partial charge >= 0.3 is 7.12 Å². The zero-order chi connectivity index (χ0) is 15.9. The van der Waals surface area contributed by atoms with Crippen molar-refractivity contribution in [2.24, 2.45) is 0 Å². The van der Waals surface area contributed by atoms with Crippen molar-refractivity contribution in [3.63, 3.8) is 0 Å². The maximum Gasteiger partial charge on any atom is 0.511 e. The minimum atomic E-state index is -1.59. The van der Waals surface area contributed by atoms with Crippen molar-refractivity contribution in [1.82, 2.24) is 9.78 Å². The summed E-state index contributed by atoms with van der Waals surface area (Å²) in [7, 11) is -1.59. The Morgan fingerprint density at radius 3 is 2.59 bits per heavy atom. The molecule has 0 spiro atoms. The van der Waals surface area contributed by atoms with Gasteiger partial charge in [0.15, 0.2) is 5.75 Å². The summed E-state index contributed by atoms with van der Waals surface area (Å²) in [6.07, 6.45) is 2.73. The lowest BCUT2D eigenvalue weighted by atomic mass is 9.85. The molecule has 1 aromatic heterocycles. The molecule has 0 atom stereocenters. The smallest absolute Gasteiger partial charge is 0.490 e. The van der Waals surface area contributed by atoms with Crippen LogP contribution in [-0.2, 0) is 13.0 Å². The Morgan fingerprint density at radius 2 is 1.95 bits per heavy atom. The molecule has 118 valence electrons. The fourth-order valence-corrected chi connectivity index (χ4v) is 2.38. The highest BCUT2D eigenvalue weighted by Crippen LogP contribution is 2.15. The van der Waals surface area contributed by atoms with Gasteiger partial charge in [-0.25, -0.2) is 0 Å². The topological polar surface area (TPSA) is 67.5 Å². The highest BCUT2D eigenvalue weighted by Gasteiger charge is 2.26. The van der Waals surface area contributed by atoms with Crippen molar-refractivity contribution in [3.05, 3.63) is 41.6 Å². The predicted octanol–water partition coefficient (Wildman–Crippen LogP) is 1.29. The molecule has 2 N–H and O–H groups in total. The van der Waals surface area contributed by atoms with E-state index in [1.54, 1.807) is 4.68 Å². The van der Waals surface area contributed by atoms with Crippen molar-refractivity contribution in [1.29, 1.82) is 0 Å². The molecule has 0 aliphatic rings. The third kappa shape index (κ3) is 4.12. The molecular formula is C16H23BN2O3. The Bertz CT molecular complexity index is 585. The Morgan fingerprint density at radius 1 is 1.23 bits per heavy atom. The molecule has 2 rings (SSSR count). The SMILES string of the molecule is CCCCOc1c(C)nn(CCc2ccccc2)c1B(O)O. The first-order valence-corrected chi connectivity index (χ1v) is 7.73. The van der Waals surface area contributed by atoms with Crippen LogP contribution in [0.2, 0.25) is 0 Å². The minimum Gasteiger partial charge on any atom is -0.490 e. The summed E-state index contributed by atoms with van der Waals surface area (Å²) >= 11 is 0. The highest BCUT2D eigenvalue weighted by atomic mass is 16.5. The maximum atomic E-state index is 9.67. The van der Waals surface area contributed by atoms with Gasteiger partial charge in [0.2, 0.25) is 0 Å². The lowest BCUT2D eigenvalue weighted by Crippen LogP contribution is -2.38. The first-order valence-electron chi connectivity index (χ1n) is 7.73. The molecule has 0 saturated heterocycles. The van der Waals surface area contributed by atoms with E-state index in [1.807, 2.05) is 37.3 Å². The number of rotatable bonds is 8. The summed E-state index contributed by atoms with van der Waals surface area (Å²) in [6, 6.07) is 10.0. The van der Waals surface area contributed by atoms with Crippen molar-refractivity contribution >= 4 is 12.7 Å². The van der Waals surface area contributed by atoms with Crippen LogP contribution < -0.4 is 10.3 Å². The van der Waals surface area contributed by atoms with E-state index < -0.39 is 7.12 Å². The lowest BCUT2D eigenvalue weighted by molar-refractivity contribution is 0.307. The molecule has 0 saturated carbocycles. The average molecular weight is 302 g/mol. The van der Waals surface area contributed by atoms with Crippen LogP contribution in [0.5, 0.6) is 5.75 Å². The van der Waals surface area contributed by atoms with Gasteiger partial charge in [-0.1, -0.05) is 43.7 Å². The van der Waals surface area contributed by atoms with E-state index >= 15 is 0 Å². The van der Waals surface area contributed by atoms with Gasteiger partial charge in [-0.05, 0) is 25.3 Å². The largest absolute Gasteiger partial charge is 0.511 e. The van der Waals surface area contributed by atoms with Gasteiger partial charge in [0.25, 0.3) is 0 Å². The Labute approximate surface area is 131 Å². The number of aryl methyl sites for hydroxylation is 3. The van der Waals surface area contributed by atoms with Crippen LogP contribution in [0.3, 0.4) is 0 Å². The van der Waals surface area contributed by atoms with E-state index in [-0.39, 0.29) is 0 Å². The van der Waals surface area contributed by atoms with E-state index in [1.165, 1.54) is 5.56 Å². The molecule has 0 bridgehead atoms. The van der Waals surface area contributed by atoms with E-state index in [0.29, 0.717) is 30.2 Å². The van der Waals surface area contributed by atoms with E-state index in [9.17, 15) is 10.0 Å². The van der Waals surface area contributed by atoms with Crippen LogP contribution in [0.25, 0.3) is 0 Å². The van der Waals surface area contributed by atoms with Crippen LogP contribution in [-0.4, -0.2) is 33.6 Å². The molecule has 0 amide bonds. The van der Waals surface area contributed by atoms with Crippen molar-refractivity contribution in [2.45, 2.75) is 39.7 Å². The first kappa shape index (κ1) is 16.6. The van der Waals surface area contributed by atoms with Crippen molar-refractivity contribution < 1.29 is 14.8 Å². The van der Waals surface area contributed by atoms with E-state index in [0.717, 1.165) is 19.3 Å². The third-order valence-corrected chi connectivity index (χ3v) is 3.55. The molecular weight excluding hydrogens is 279 g/mol. The van der Waals surface area contributed by atoms with Gasteiger partial charge in [-0.2, -0.15) is 5.10 Å². The number of ether oxygens (including phenoxy) is 1. The fourth-order valence-electron chi connectivity index (χ4n) is 2.38. The number of aromatic nitrogens is 2. The molecule has 0 unspecified atom stereocenters. The molecule has 0 aliphatic carbocycles. The minimum absolute atomic E-state index is 0.338. The zero-order valence-electron chi connectivity index (χ0n) is 13.2. The quantitative estimate of drug-likeness (QED) is 0.569. The third-order valence-electron chi connectivity index (χ3n) is 3.55. The van der Waals surface area contributed by atoms with Crippen LogP contribution in [0.15, 0.2) is 30.3 Å². The van der Waals surface area contributed by atoms with E-state index in [2.05, 4.69) is 12.0 Å². The first-order chi connectivity index (χ1) is 10.6. The molecule has 1 heterocycles. The monoisotopic (exact) mass is 302 g/mol. The number of benzene rings is 1. The summed E-state index contributed by atoms with van der Waals surface area (Å²) in [4.78, 5) is 0. The van der Waals surface area contributed by atoms with Crippen LogP contribution >= 0.6 is 0 Å². The summed E-state index contributed by atoms with van der Waals surface area (Å²) in [6.45, 7) is 5.05. The van der Waals surface area contributed by atoms with Crippen LogP contribution in [0.1, 0.15) is 31.0 Å². The van der Waals surface area contributed by atoms with Crippen LogP contribution in [0, 0.1) is 6.92 Å². The fraction of sp³-hybridized carbons (Fsp3) is 0.438. The number of unbranched alkanes of at least 4 members (excludes halogenated alkanes) is 1. The Kier molecular flexibility index (Phi) is 6.04. The Hall–Kier alpha value is -1.79. The molecule has 0 radical (unpaired) electrons. The average Bonchev–Trinajstić information content (AvgIpc) is 2.83. The summed E-state index contributed by atoms with van der Waals surface area (Å²) in [5, 5.41) is 23.7. The molecule has 0 aliphatic heterocycles. The number of hydrogen-bond acceptors (Lipinski definition) is 4. The molecule has 1 aromatic carbocycles. The standard InChI is InChI=1S/C16H23BN2O3/c1-3-4-12-22-15-13(2)18-19(16(15)17(20)21)11-10-14-8-6-5-7-9-14/h5-9,20-21H,3-4,10-12H2,1-2H3. The number of hydrogen-bond donors (Lipinski definition) is 2. The molecule has 22 heavy (non-hydrogen) atoms. The molecule has 6 heteroatoms. The number of nitrogens with zero attached hydrogens (tertiary/aromatic N) is 2. The molecule has 0 fully saturated rings. The van der Waals surface area contributed by atoms with E-state index in [4.69, 9.17) is 4.74 Å².